The molecule has 2 aromatic rings. The van der Waals surface area contributed by atoms with E-state index in [4.69, 9.17) is 0 Å². The Morgan fingerprint density at radius 3 is 1.16 bits per heavy atom. The molecule has 2 N–H and O–H groups in total. The van der Waals surface area contributed by atoms with Crippen LogP contribution in [0.2, 0.25) is 0 Å². The first-order valence-electron chi connectivity index (χ1n) is 11.0. The summed E-state index contributed by atoms with van der Waals surface area (Å²) in [5.74, 6) is 0. The maximum Gasteiger partial charge on any atom is 2.00 e. The fourth-order valence-electron chi connectivity index (χ4n) is 3.79. The fourth-order valence-corrected chi connectivity index (χ4v) is 3.79. The summed E-state index contributed by atoms with van der Waals surface area (Å²) in [6, 6.07) is 13.3. The van der Waals surface area contributed by atoms with Gasteiger partial charge in [0, 0.05) is 37.6 Å². The van der Waals surface area contributed by atoms with Gasteiger partial charge in [0.05, 0.1) is 0 Å². The monoisotopic (exact) mass is 514 g/mol. The number of aryl methyl sites for hydroxylation is 4. The molecule has 3 nitrogen and oxygen atoms in total. The maximum absolute atomic E-state index is 3.70. The molecule has 0 unspecified atom stereocenters. The van der Waals surface area contributed by atoms with Crippen molar-refractivity contribution in [2.45, 2.75) is 53.4 Å². The van der Waals surface area contributed by atoms with Gasteiger partial charge in [-0.05, 0) is 55.0 Å². The molecule has 0 saturated carbocycles. The zero-order valence-electron chi connectivity index (χ0n) is 19.6. The Bertz CT molecular complexity index is 635. The van der Waals surface area contributed by atoms with Crippen LogP contribution >= 0.6 is 0 Å². The molecule has 0 fully saturated rings. The van der Waals surface area contributed by atoms with Gasteiger partial charge in [0.1, 0.15) is 0 Å². The number of anilines is 2. The van der Waals surface area contributed by atoms with Crippen LogP contribution in [0.1, 0.15) is 49.9 Å². The van der Waals surface area contributed by atoms with Crippen molar-refractivity contribution in [2.24, 2.45) is 0 Å². The third-order valence-electron chi connectivity index (χ3n) is 5.59. The summed E-state index contributed by atoms with van der Waals surface area (Å²) in [5.41, 5.74) is 8.39. The van der Waals surface area contributed by atoms with Crippen molar-refractivity contribution in [3.05, 3.63) is 58.7 Å². The summed E-state index contributed by atoms with van der Waals surface area (Å²) in [5, 5.41) is 7.39. The summed E-state index contributed by atoms with van der Waals surface area (Å²) >= 11 is 0. The zero-order chi connectivity index (χ0) is 20.4. The van der Waals surface area contributed by atoms with Gasteiger partial charge in [-0.3, -0.25) is 0 Å². The molecule has 0 aliphatic heterocycles. The smallest absolute Gasteiger partial charge is 1.00 e. The van der Waals surface area contributed by atoms with Gasteiger partial charge in [0.25, 0.3) is 0 Å². The van der Waals surface area contributed by atoms with Crippen LogP contribution in [0, 0.1) is 0 Å². The van der Waals surface area contributed by atoms with Gasteiger partial charge in [-0.1, -0.05) is 64.1 Å². The maximum atomic E-state index is 3.70. The molecular formula is C25H39Cl2CuN3. The van der Waals surface area contributed by atoms with E-state index in [1.165, 1.54) is 33.6 Å². The second-order valence-corrected chi connectivity index (χ2v) is 7.47. The molecule has 0 saturated heterocycles. The molecule has 0 atom stereocenters. The van der Waals surface area contributed by atoms with Crippen LogP contribution < -0.4 is 35.4 Å². The number of hydrogen-bond acceptors (Lipinski definition) is 3. The summed E-state index contributed by atoms with van der Waals surface area (Å²) < 4.78 is 0. The Hall–Kier alpha value is -0.901. The summed E-state index contributed by atoms with van der Waals surface area (Å²) in [7, 11) is 2.21. The van der Waals surface area contributed by atoms with Crippen molar-refractivity contribution in [2.75, 3.05) is 43.9 Å². The van der Waals surface area contributed by atoms with E-state index in [1.54, 1.807) is 0 Å². The summed E-state index contributed by atoms with van der Waals surface area (Å²) in [6.45, 7) is 13.0. The Labute approximate surface area is 213 Å². The Kier molecular flexibility index (Phi) is 18.4. The van der Waals surface area contributed by atoms with Crippen LogP contribution in [-0.4, -0.2) is 38.1 Å². The standard InChI is InChI=1S/C25H39N3.2ClH.Cu/c1-6-20-12-10-13-21(7-2)24(20)26-16-18-28(5)19-17-27-25-22(8-3)14-11-15-23(25)9-4;;;/h10-15,26-27H,6-9,16-19H2,1-5H3;2*1H;/q;;;+2/p-2. The molecule has 0 amide bonds. The number of likely N-dealkylation sites (N-methyl/N-ethyl adjacent to an activating group) is 1. The molecule has 0 bridgehead atoms. The average Bonchev–Trinajstić information content (AvgIpc) is 2.73. The van der Waals surface area contributed by atoms with E-state index in [-0.39, 0.29) is 41.9 Å². The van der Waals surface area contributed by atoms with Crippen molar-refractivity contribution < 1.29 is 41.9 Å². The predicted molar refractivity (Wildman–Crippen MR) is 125 cm³/mol. The van der Waals surface area contributed by atoms with Gasteiger partial charge >= 0.3 is 17.1 Å². The van der Waals surface area contributed by atoms with Gasteiger partial charge in [0.2, 0.25) is 0 Å². The van der Waals surface area contributed by atoms with Crippen LogP contribution in [0.15, 0.2) is 36.4 Å². The second kappa shape index (κ2) is 17.6. The van der Waals surface area contributed by atoms with Gasteiger partial charge in [-0.2, -0.15) is 0 Å². The minimum Gasteiger partial charge on any atom is -1.00 e. The Morgan fingerprint density at radius 1 is 0.613 bits per heavy atom. The Balaban J connectivity index is 0. The number of benzene rings is 2. The van der Waals surface area contributed by atoms with Crippen LogP contribution in [0.3, 0.4) is 0 Å². The van der Waals surface area contributed by atoms with Crippen LogP contribution in [0.4, 0.5) is 11.4 Å². The first kappa shape index (κ1) is 32.3. The minimum atomic E-state index is 0. The number of rotatable bonds is 12. The van der Waals surface area contributed by atoms with Crippen LogP contribution in [0.5, 0.6) is 0 Å². The molecule has 0 spiro atoms. The number of hydrogen-bond donors (Lipinski definition) is 2. The molecule has 6 heteroatoms. The summed E-state index contributed by atoms with van der Waals surface area (Å²) in [4.78, 5) is 2.40. The van der Waals surface area contributed by atoms with E-state index in [9.17, 15) is 0 Å². The molecular weight excluding hydrogens is 477 g/mol. The molecule has 1 radical (unpaired) electrons. The van der Waals surface area contributed by atoms with Crippen molar-refractivity contribution in [3.8, 4) is 0 Å². The topological polar surface area (TPSA) is 27.3 Å². The summed E-state index contributed by atoms with van der Waals surface area (Å²) in [6.07, 6.45) is 4.30. The fraction of sp³-hybridized carbons (Fsp3) is 0.520. The Morgan fingerprint density at radius 2 is 0.903 bits per heavy atom. The molecule has 0 aliphatic carbocycles. The quantitative estimate of drug-likeness (QED) is 0.370. The van der Waals surface area contributed by atoms with Crippen molar-refractivity contribution in [1.82, 2.24) is 4.90 Å². The van der Waals surface area contributed by atoms with E-state index in [1.807, 2.05) is 0 Å². The van der Waals surface area contributed by atoms with Gasteiger partial charge in [-0.25, -0.2) is 0 Å². The third kappa shape index (κ3) is 9.63. The SMILES string of the molecule is CCc1cccc(CC)c1NCCN(C)CCNc1c(CC)cccc1CC.[Cl-].[Cl-].[Cu+2]. The minimum absolute atomic E-state index is 0. The van der Waals surface area contributed by atoms with Crippen molar-refractivity contribution in [3.63, 3.8) is 0 Å². The molecule has 179 valence electrons. The molecule has 2 aromatic carbocycles. The van der Waals surface area contributed by atoms with Crippen molar-refractivity contribution >= 4 is 11.4 Å². The molecule has 0 aromatic heterocycles. The molecule has 0 heterocycles. The zero-order valence-corrected chi connectivity index (χ0v) is 22.1. The number of nitrogens with one attached hydrogen (secondary N) is 2. The third-order valence-corrected chi connectivity index (χ3v) is 5.59. The van der Waals surface area contributed by atoms with Crippen LogP contribution in [-0.2, 0) is 42.8 Å². The van der Waals surface area contributed by atoms with Gasteiger partial charge in [-0.15, -0.1) is 0 Å². The molecule has 31 heavy (non-hydrogen) atoms. The first-order chi connectivity index (χ1) is 13.6. The largest absolute Gasteiger partial charge is 2.00 e. The number of nitrogens with zero attached hydrogens (tertiary/aromatic N) is 1. The van der Waals surface area contributed by atoms with E-state index in [0.29, 0.717) is 0 Å². The number of halogens is 2. The first-order valence-corrected chi connectivity index (χ1v) is 11.0. The normalized spacial score (nSPS) is 10.0. The van der Waals surface area contributed by atoms with Gasteiger partial charge in [0.15, 0.2) is 0 Å². The molecule has 2 rings (SSSR count). The average molecular weight is 516 g/mol. The number of para-hydroxylation sites is 2. The predicted octanol–water partition coefficient (Wildman–Crippen LogP) is -0.602. The van der Waals surface area contributed by atoms with E-state index in [0.717, 1.165) is 51.9 Å². The molecule has 0 aliphatic rings. The van der Waals surface area contributed by atoms with E-state index < -0.39 is 0 Å². The van der Waals surface area contributed by atoms with Crippen LogP contribution in [0.25, 0.3) is 0 Å². The second-order valence-electron chi connectivity index (χ2n) is 7.47. The van der Waals surface area contributed by atoms with Crippen molar-refractivity contribution in [1.29, 1.82) is 0 Å². The van der Waals surface area contributed by atoms with E-state index in [2.05, 4.69) is 86.7 Å². The van der Waals surface area contributed by atoms with E-state index >= 15 is 0 Å². The van der Waals surface area contributed by atoms with Gasteiger partial charge < -0.3 is 40.3 Å².